The van der Waals surface area contributed by atoms with Crippen molar-refractivity contribution in [3.05, 3.63) is 35.9 Å². The van der Waals surface area contributed by atoms with Crippen molar-refractivity contribution < 1.29 is 18.3 Å². The summed E-state index contributed by atoms with van der Waals surface area (Å²) in [4.78, 5) is 13.2. The third-order valence-corrected chi connectivity index (χ3v) is 3.85. The van der Waals surface area contributed by atoms with Crippen molar-refractivity contribution >= 4 is 17.2 Å². The van der Waals surface area contributed by atoms with Crippen LogP contribution in [0.1, 0.15) is 12.0 Å². The number of amides is 1. The quantitative estimate of drug-likeness (QED) is 0.847. The maximum absolute atomic E-state index is 11.7. The van der Waals surface area contributed by atoms with Crippen LogP contribution in [0.25, 0.3) is 0 Å². The number of likely N-dealkylation sites (tertiary alicyclic amines) is 1. The van der Waals surface area contributed by atoms with Gasteiger partial charge in [-0.1, -0.05) is 30.3 Å². The van der Waals surface area contributed by atoms with Gasteiger partial charge in [0.05, 0.1) is 5.25 Å². The molecule has 1 aliphatic rings. The minimum absolute atomic E-state index is 0.225. The third kappa shape index (κ3) is 3.30. The van der Waals surface area contributed by atoms with Crippen molar-refractivity contribution in [1.82, 2.24) is 4.90 Å². The number of rotatable bonds is 3. The Balaban J connectivity index is 1.81. The average Bonchev–Trinajstić information content (AvgIpc) is 2.87. The first kappa shape index (κ1) is 13.0. The Bertz CT molecular complexity index is 437. The third-order valence-electron chi connectivity index (χ3n) is 2.89. The Morgan fingerprint density at radius 3 is 2.78 bits per heavy atom. The monoisotopic (exact) mass is 269 g/mol. The maximum atomic E-state index is 11.7. The summed E-state index contributed by atoms with van der Waals surface area (Å²) >= 11 is -1.87. The van der Waals surface area contributed by atoms with Gasteiger partial charge in [0, 0.05) is 13.1 Å². The zero-order valence-corrected chi connectivity index (χ0v) is 10.6. The van der Waals surface area contributed by atoms with Crippen LogP contribution >= 0.6 is 0 Å². The van der Waals surface area contributed by atoms with E-state index < -0.39 is 17.2 Å². The van der Waals surface area contributed by atoms with Crippen LogP contribution in [0, 0.1) is 0 Å². The highest BCUT2D eigenvalue weighted by atomic mass is 32.2. The molecule has 0 bridgehead atoms. The molecular weight excluding hydrogens is 254 g/mol. The Morgan fingerprint density at radius 2 is 2.17 bits per heavy atom. The lowest BCUT2D eigenvalue weighted by molar-refractivity contribution is 0.104. The van der Waals surface area contributed by atoms with Crippen LogP contribution in [-0.2, 0) is 22.4 Å². The molecule has 0 aliphatic carbocycles. The first-order valence-electron chi connectivity index (χ1n) is 5.72. The van der Waals surface area contributed by atoms with Gasteiger partial charge in [-0.3, -0.25) is 0 Å². The molecule has 2 atom stereocenters. The van der Waals surface area contributed by atoms with E-state index in [4.69, 9.17) is 9.29 Å². The van der Waals surface area contributed by atoms with Gasteiger partial charge in [0.1, 0.15) is 6.61 Å². The highest BCUT2D eigenvalue weighted by molar-refractivity contribution is 7.79. The van der Waals surface area contributed by atoms with E-state index in [2.05, 4.69) is 0 Å². The first-order valence-corrected chi connectivity index (χ1v) is 6.89. The molecule has 1 fully saturated rings. The van der Waals surface area contributed by atoms with Crippen LogP contribution in [-0.4, -0.2) is 38.1 Å². The molecule has 2 rings (SSSR count). The highest BCUT2D eigenvalue weighted by Crippen LogP contribution is 2.15. The Kier molecular flexibility index (Phi) is 4.33. The predicted octanol–water partition coefficient (Wildman–Crippen LogP) is 1.62. The van der Waals surface area contributed by atoms with Gasteiger partial charge >= 0.3 is 6.09 Å². The van der Waals surface area contributed by atoms with Crippen LogP contribution in [0.5, 0.6) is 0 Å². The topological polar surface area (TPSA) is 66.8 Å². The number of nitrogens with zero attached hydrogens (tertiary/aromatic N) is 1. The van der Waals surface area contributed by atoms with Gasteiger partial charge in [0.2, 0.25) is 0 Å². The first-order chi connectivity index (χ1) is 8.66. The number of carbonyl (C=O) groups is 1. The standard InChI is InChI=1S/C12H15NO4S/c14-12(13-7-6-11(8-13)18(15)16)17-9-10-4-2-1-3-5-10/h1-5,11H,6-9H2,(H,15,16)/t11-/m0/s1. The van der Waals surface area contributed by atoms with E-state index in [1.807, 2.05) is 30.3 Å². The fourth-order valence-electron chi connectivity index (χ4n) is 1.87. The Morgan fingerprint density at radius 1 is 1.44 bits per heavy atom. The normalized spacial score (nSPS) is 20.7. The van der Waals surface area contributed by atoms with Crippen LogP contribution < -0.4 is 0 Å². The lowest BCUT2D eigenvalue weighted by Crippen LogP contribution is -2.30. The smallest absolute Gasteiger partial charge is 0.410 e. The van der Waals surface area contributed by atoms with Crippen LogP contribution in [0.15, 0.2) is 30.3 Å². The van der Waals surface area contributed by atoms with Crippen molar-refractivity contribution in [3.63, 3.8) is 0 Å². The summed E-state index contributed by atoms with van der Waals surface area (Å²) in [7, 11) is 0. The molecule has 6 heteroatoms. The van der Waals surface area contributed by atoms with E-state index in [0.29, 0.717) is 13.0 Å². The summed E-state index contributed by atoms with van der Waals surface area (Å²) in [5.74, 6) is 0. The van der Waals surface area contributed by atoms with Crippen molar-refractivity contribution in [2.75, 3.05) is 13.1 Å². The number of carbonyl (C=O) groups excluding carboxylic acids is 1. The predicted molar refractivity (Wildman–Crippen MR) is 67.4 cm³/mol. The van der Waals surface area contributed by atoms with Crippen molar-refractivity contribution in [2.24, 2.45) is 0 Å². The van der Waals surface area contributed by atoms with Gasteiger partial charge in [-0.25, -0.2) is 9.00 Å². The fourth-order valence-corrected chi connectivity index (χ4v) is 2.48. The van der Waals surface area contributed by atoms with Gasteiger partial charge in [0.15, 0.2) is 11.1 Å². The van der Waals surface area contributed by atoms with E-state index >= 15 is 0 Å². The largest absolute Gasteiger partial charge is 0.445 e. The lowest BCUT2D eigenvalue weighted by Gasteiger charge is -2.15. The molecule has 1 unspecified atom stereocenters. The second-order valence-electron chi connectivity index (χ2n) is 4.17. The van der Waals surface area contributed by atoms with E-state index in [-0.39, 0.29) is 18.4 Å². The van der Waals surface area contributed by atoms with Crippen molar-refractivity contribution in [2.45, 2.75) is 18.3 Å². The average molecular weight is 269 g/mol. The molecule has 18 heavy (non-hydrogen) atoms. The molecule has 0 saturated carbocycles. The zero-order valence-electron chi connectivity index (χ0n) is 9.82. The second kappa shape index (κ2) is 5.97. The molecule has 1 N–H and O–H groups in total. The number of benzene rings is 1. The molecule has 5 nitrogen and oxygen atoms in total. The van der Waals surface area contributed by atoms with Crippen molar-refractivity contribution in [1.29, 1.82) is 0 Å². The van der Waals surface area contributed by atoms with Crippen molar-refractivity contribution in [3.8, 4) is 0 Å². The summed E-state index contributed by atoms with van der Waals surface area (Å²) in [6.45, 7) is 0.990. The Hall–Kier alpha value is -1.40. The summed E-state index contributed by atoms with van der Waals surface area (Å²) in [6, 6.07) is 9.41. The summed E-state index contributed by atoms with van der Waals surface area (Å²) in [5, 5.41) is -0.353. The maximum Gasteiger partial charge on any atom is 0.410 e. The molecule has 0 aromatic heterocycles. The lowest BCUT2D eigenvalue weighted by atomic mass is 10.2. The van der Waals surface area contributed by atoms with Gasteiger partial charge < -0.3 is 14.2 Å². The number of hydrogen-bond donors (Lipinski definition) is 1. The molecule has 1 heterocycles. The molecule has 1 aromatic rings. The van der Waals surface area contributed by atoms with Gasteiger partial charge in [0.25, 0.3) is 0 Å². The van der Waals surface area contributed by atoms with Crippen LogP contribution in [0.3, 0.4) is 0 Å². The van der Waals surface area contributed by atoms with E-state index in [1.54, 1.807) is 0 Å². The minimum Gasteiger partial charge on any atom is -0.445 e. The molecule has 98 valence electrons. The van der Waals surface area contributed by atoms with E-state index in [9.17, 15) is 9.00 Å². The molecule has 1 aromatic carbocycles. The van der Waals surface area contributed by atoms with E-state index in [1.165, 1.54) is 4.90 Å². The fraction of sp³-hybridized carbons (Fsp3) is 0.417. The van der Waals surface area contributed by atoms with Crippen LogP contribution in [0.2, 0.25) is 0 Å². The SMILES string of the molecule is O=C(OCc1ccccc1)N1CC[C@H](S(=O)O)C1. The molecule has 0 spiro atoms. The van der Waals surface area contributed by atoms with E-state index in [0.717, 1.165) is 5.56 Å². The summed E-state index contributed by atoms with van der Waals surface area (Å²) in [5.41, 5.74) is 0.923. The van der Waals surface area contributed by atoms with Crippen LogP contribution in [0.4, 0.5) is 4.79 Å². The van der Waals surface area contributed by atoms with Gasteiger partial charge in [-0.05, 0) is 12.0 Å². The molecule has 1 saturated heterocycles. The summed E-state index contributed by atoms with van der Waals surface area (Å²) in [6.07, 6.45) is 0.121. The molecular formula is C12H15NO4S. The summed E-state index contributed by atoms with van der Waals surface area (Å²) < 4.78 is 25.0. The molecule has 0 radical (unpaired) electrons. The second-order valence-corrected chi connectivity index (χ2v) is 5.39. The number of ether oxygens (including phenoxy) is 1. The molecule has 1 aliphatic heterocycles. The Labute approximate surface area is 108 Å². The van der Waals surface area contributed by atoms with Gasteiger partial charge in [-0.2, -0.15) is 0 Å². The molecule has 1 amide bonds. The van der Waals surface area contributed by atoms with Gasteiger partial charge in [-0.15, -0.1) is 0 Å². The zero-order chi connectivity index (χ0) is 13.0. The minimum atomic E-state index is -1.87. The highest BCUT2D eigenvalue weighted by Gasteiger charge is 2.30. The number of hydrogen-bond acceptors (Lipinski definition) is 3.